The number of rotatable bonds is 6. The third kappa shape index (κ3) is 4.10. The predicted octanol–water partition coefficient (Wildman–Crippen LogP) is 3.57. The Morgan fingerprint density at radius 3 is 2.45 bits per heavy atom. The van der Waals surface area contributed by atoms with Crippen LogP contribution in [0.2, 0.25) is 0 Å². The summed E-state index contributed by atoms with van der Waals surface area (Å²) < 4.78 is 36.3. The molecule has 0 spiro atoms. The van der Waals surface area contributed by atoms with Crippen molar-refractivity contribution >= 4 is 37.6 Å². The molecule has 0 aliphatic carbocycles. The second-order valence-corrected chi connectivity index (χ2v) is 8.43. The molecule has 160 valence electrons. The Labute approximate surface area is 180 Å². The number of hydrogen-bond donors (Lipinski definition) is 2. The molecule has 0 aliphatic rings. The first kappa shape index (κ1) is 20.8. The second kappa shape index (κ2) is 8.01. The average molecular weight is 439 g/mol. The number of fused-ring (bicyclic) bond motifs is 2. The molecule has 31 heavy (non-hydrogen) atoms. The highest BCUT2D eigenvalue weighted by atomic mass is 32.2. The Morgan fingerprint density at radius 2 is 1.74 bits per heavy atom. The third-order valence-corrected chi connectivity index (χ3v) is 5.70. The number of para-hydroxylation sites is 1. The number of nitrogens with zero attached hydrogens (tertiary/aromatic N) is 2. The molecule has 0 radical (unpaired) electrons. The maximum atomic E-state index is 11.6. The van der Waals surface area contributed by atoms with Gasteiger partial charge >= 0.3 is 0 Å². The van der Waals surface area contributed by atoms with Crippen molar-refractivity contribution in [3.05, 3.63) is 66.1 Å². The molecule has 0 saturated carbocycles. The van der Waals surface area contributed by atoms with Gasteiger partial charge in [0.15, 0.2) is 11.5 Å². The van der Waals surface area contributed by atoms with Gasteiger partial charge in [0.25, 0.3) is 10.2 Å². The van der Waals surface area contributed by atoms with Crippen molar-refractivity contribution in [3.63, 3.8) is 0 Å². The van der Waals surface area contributed by atoms with Gasteiger partial charge in [-0.25, -0.2) is 10.1 Å². The number of anilines is 1. The van der Waals surface area contributed by atoms with Crippen molar-refractivity contribution in [2.45, 2.75) is 12.8 Å². The summed E-state index contributed by atoms with van der Waals surface area (Å²) in [5, 5.41) is 7.85. The number of methoxy groups -OCH3 is 2. The minimum Gasteiger partial charge on any atom is -0.493 e. The number of pyridine rings is 2. The maximum Gasteiger partial charge on any atom is 0.296 e. The number of ether oxygens (including phenoxy) is 2. The lowest BCUT2D eigenvalue weighted by atomic mass is 9.93. The molecule has 4 aromatic rings. The van der Waals surface area contributed by atoms with Crippen LogP contribution in [0.4, 0.5) is 5.69 Å². The minimum atomic E-state index is -3.92. The number of benzene rings is 2. The zero-order chi connectivity index (χ0) is 22.2. The van der Waals surface area contributed by atoms with Gasteiger partial charge in [0.1, 0.15) is 0 Å². The second-order valence-electron chi connectivity index (χ2n) is 7.14. The summed E-state index contributed by atoms with van der Waals surface area (Å²) in [4.78, 5) is 9.14. The van der Waals surface area contributed by atoms with Crippen LogP contribution in [0.1, 0.15) is 24.1 Å². The lowest BCUT2D eigenvalue weighted by Gasteiger charge is -2.17. The standard InChI is InChI=1S/C22H22N4O4S/c1-13(17-12-24-11-15-9-20(29-2)21(30-3)10-16(15)17)18-8-7-14-5-4-6-19(22(14)25-18)26-31(23,27)28/h4-13,26H,1-3H3,(H2,23,27,28). The molecule has 9 heteroatoms. The van der Waals surface area contributed by atoms with Crippen LogP contribution < -0.4 is 19.3 Å². The molecule has 0 bridgehead atoms. The zero-order valence-electron chi connectivity index (χ0n) is 17.3. The van der Waals surface area contributed by atoms with Crippen molar-refractivity contribution in [2.75, 3.05) is 18.9 Å². The highest BCUT2D eigenvalue weighted by Crippen LogP contribution is 2.37. The van der Waals surface area contributed by atoms with Crippen molar-refractivity contribution < 1.29 is 17.9 Å². The van der Waals surface area contributed by atoms with Gasteiger partial charge in [0.2, 0.25) is 0 Å². The van der Waals surface area contributed by atoms with E-state index in [0.717, 1.165) is 27.4 Å². The van der Waals surface area contributed by atoms with E-state index in [-0.39, 0.29) is 5.92 Å². The van der Waals surface area contributed by atoms with E-state index in [1.165, 1.54) is 0 Å². The fraction of sp³-hybridized carbons (Fsp3) is 0.182. The van der Waals surface area contributed by atoms with E-state index in [2.05, 4.69) is 9.71 Å². The smallest absolute Gasteiger partial charge is 0.296 e. The topological polar surface area (TPSA) is 116 Å². The Morgan fingerprint density at radius 1 is 1.00 bits per heavy atom. The van der Waals surface area contributed by atoms with Crippen LogP contribution >= 0.6 is 0 Å². The molecule has 0 aliphatic heterocycles. The minimum absolute atomic E-state index is 0.124. The molecular weight excluding hydrogens is 416 g/mol. The number of nitrogens with two attached hydrogens (primary N) is 1. The monoisotopic (exact) mass is 438 g/mol. The number of nitrogens with one attached hydrogen (secondary N) is 1. The first-order valence-electron chi connectivity index (χ1n) is 9.50. The Balaban J connectivity index is 1.85. The van der Waals surface area contributed by atoms with Crippen molar-refractivity contribution in [1.29, 1.82) is 0 Å². The van der Waals surface area contributed by atoms with Crippen LogP contribution in [0, 0.1) is 0 Å². The summed E-state index contributed by atoms with van der Waals surface area (Å²) in [7, 11) is -0.734. The largest absolute Gasteiger partial charge is 0.493 e. The van der Waals surface area contributed by atoms with Crippen molar-refractivity contribution in [2.24, 2.45) is 5.14 Å². The highest BCUT2D eigenvalue weighted by molar-refractivity contribution is 7.90. The lowest BCUT2D eigenvalue weighted by molar-refractivity contribution is 0.356. The summed E-state index contributed by atoms with van der Waals surface area (Å²) >= 11 is 0. The molecule has 0 amide bonds. The van der Waals surface area contributed by atoms with E-state index >= 15 is 0 Å². The molecule has 0 saturated heterocycles. The van der Waals surface area contributed by atoms with E-state index in [1.54, 1.807) is 38.7 Å². The maximum absolute atomic E-state index is 11.6. The molecule has 4 rings (SSSR count). The number of aromatic nitrogens is 2. The molecule has 8 nitrogen and oxygen atoms in total. The molecule has 1 atom stereocenters. The van der Waals surface area contributed by atoms with Crippen LogP contribution in [0.15, 0.2) is 54.9 Å². The van der Waals surface area contributed by atoms with Gasteiger partial charge in [-0.05, 0) is 35.2 Å². The normalized spacial score (nSPS) is 12.6. The van der Waals surface area contributed by atoms with Gasteiger partial charge < -0.3 is 9.47 Å². The fourth-order valence-corrected chi connectivity index (χ4v) is 4.13. The number of hydrogen-bond acceptors (Lipinski definition) is 6. The van der Waals surface area contributed by atoms with Gasteiger partial charge in [-0.1, -0.05) is 25.1 Å². The summed E-state index contributed by atoms with van der Waals surface area (Å²) in [6.07, 6.45) is 3.58. The SMILES string of the molecule is COc1cc2cncc(C(C)c3ccc4cccc(NS(N)(=O)=O)c4n3)c2cc1OC. The van der Waals surface area contributed by atoms with Crippen LogP contribution in [0.5, 0.6) is 11.5 Å². The van der Waals surface area contributed by atoms with Gasteiger partial charge in [0, 0.05) is 34.8 Å². The molecule has 3 N–H and O–H groups in total. The Hall–Kier alpha value is -3.43. The Bertz CT molecular complexity index is 1390. The van der Waals surface area contributed by atoms with Gasteiger partial charge in [-0.3, -0.25) is 9.71 Å². The molecule has 2 heterocycles. The zero-order valence-corrected chi connectivity index (χ0v) is 18.1. The molecule has 1 unspecified atom stereocenters. The molecule has 0 fully saturated rings. The van der Waals surface area contributed by atoms with Gasteiger partial charge in [-0.2, -0.15) is 8.42 Å². The first-order valence-corrected chi connectivity index (χ1v) is 11.0. The van der Waals surface area contributed by atoms with Gasteiger partial charge in [0.05, 0.1) is 25.4 Å². The van der Waals surface area contributed by atoms with Gasteiger partial charge in [-0.15, -0.1) is 0 Å². The van der Waals surface area contributed by atoms with E-state index in [1.807, 2.05) is 37.3 Å². The average Bonchev–Trinajstić information content (AvgIpc) is 2.76. The van der Waals surface area contributed by atoms with E-state index in [4.69, 9.17) is 19.6 Å². The predicted molar refractivity (Wildman–Crippen MR) is 121 cm³/mol. The van der Waals surface area contributed by atoms with Crippen LogP contribution in [-0.4, -0.2) is 32.6 Å². The van der Waals surface area contributed by atoms with E-state index in [9.17, 15) is 8.42 Å². The fourth-order valence-electron chi connectivity index (χ4n) is 3.66. The van der Waals surface area contributed by atoms with Crippen LogP contribution in [0.3, 0.4) is 0 Å². The lowest BCUT2D eigenvalue weighted by Crippen LogP contribution is -2.22. The third-order valence-electron chi connectivity index (χ3n) is 5.20. The molecule has 2 aromatic carbocycles. The van der Waals surface area contributed by atoms with E-state index in [0.29, 0.717) is 22.7 Å². The van der Waals surface area contributed by atoms with Crippen LogP contribution in [0.25, 0.3) is 21.7 Å². The molecule has 2 aromatic heterocycles. The van der Waals surface area contributed by atoms with Crippen LogP contribution in [-0.2, 0) is 10.2 Å². The Kier molecular flexibility index (Phi) is 5.38. The highest BCUT2D eigenvalue weighted by Gasteiger charge is 2.17. The summed E-state index contributed by atoms with van der Waals surface area (Å²) in [5.41, 5.74) is 2.58. The summed E-state index contributed by atoms with van der Waals surface area (Å²) in [5.74, 6) is 1.13. The summed E-state index contributed by atoms with van der Waals surface area (Å²) in [6, 6.07) is 12.9. The van der Waals surface area contributed by atoms with Crippen molar-refractivity contribution in [1.82, 2.24) is 9.97 Å². The van der Waals surface area contributed by atoms with E-state index < -0.39 is 10.2 Å². The molecular formula is C22H22N4O4S. The quantitative estimate of drug-likeness (QED) is 0.475. The summed E-state index contributed by atoms with van der Waals surface area (Å²) in [6.45, 7) is 2.02. The first-order chi connectivity index (χ1) is 14.8. The van der Waals surface area contributed by atoms with Crippen molar-refractivity contribution in [3.8, 4) is 11.5 Å².